The van der Waals surface area contributed by atoms with Gasteiger partial charge in [0.25, 0.3) is 0 Å². The minimum absolute atomic E-state index is 0. The zero-order chi connectivity index (χ0) is 16.4. The Hall–Kier alpha value is -2.54. The molecule has 0 fully saturated rings. The topological polar surface area (TPSA) is 115 Å². The van der Waals surface area contributed by atoms with Gasteiger partial charge in [0.05, 0.1) is 6.54 Å². The first-order valence-electron chi connectivity index (χ1n) is 6.96. The highest BCUT2D eigenvalue weighted by atomic mass is 35.5. The summed E-state index contributed by atoms with van der Waals surface area (Å²) in [6, 6.07) is 13.8. The second kappa shape index (κ2) is 8.53. The first-order valence-corrected chi connectivity index (χ1v) is 6.96. The Morgan fingerprint density at radius 3 is 2.36 bits per heavy atom. The van der Waals surface area contributed by atoms with Crippen LogP contribution in [0.3, 0.4) is 0 Å². The van der Waals surface area contributed by atoms with Crippen LogP contribution in [0.5, 0.6) is 5.75 Å². The van der Waals surface area contributed by atoms with Crippen molar-refractivity contribution in [3.8, 4) is 5.75 Å². The van der Waals surface area contributed by atoms with Crippen molar-refractivity contribution in [3.63, 3.8) is 0 Å². The SMILES string of the molecule is Cl.Cl.N=C(N)c1ccc2cc(OC(=O)c3ccc(CN)o3)ccc2c1. The number of esters is 1. The maximum Gasteiger partial charge on any atom is 0.379 e. The molecule has 0 spiro atoms. The summed E-state index contributed by atoms with van der Waals surface area (Å²) in [5.74, 6) is 0.466. The quantitative estimate of drug-likeness (QED) is 0.277. The molecule has 1 aromatic heterocycles. The van der Waals surface area contributed by atoms with Crippen molar-refractivity contribution in [2.45, 2.75) is 6.54 Å². The molecule has 0 radical (unpaired) electrons. The number of halogens is 2. The van der Waals surface area contributed by atoms with Crippen molar-refractivity contribution in [2.75, 3.05) is 0 Å². The molecule has 0 saturated heterocycles. The number of nitrogens with one attached hydrogen (secondary N) is 1. The Labute approximate surface area is 156 Å². The van der Waals surface area contributed by atoms with Crippen molar-refractivity contribution in [1.29, 1.82) is 5.41 Å². The summed E-state index contributed by atoms with van der Waals surface area (Å²) in [4.78, 5) is 12.0. The fraction of sp³-hybridized carbons (Fsp3) is 0.0588. The Balaban J connectivity index is 0.00000156. The summed E-state index contributed by atoms with van der Waals surface area (Å²) in [5.41, 5.74) is 11.6. The van der Waals surface area contributed by atoms with E-state index in [9.17, 15) is 4.79 Å². The van der Waals surface area contributed by atoms with Crippen LogP contribution in [0.4, 0.5) is 0 Å². The molecule has 3 aromatic rings. The standard InChI is InChI=1S/C17H15N3O3.2ClH/c18-9-14-5-6-15(22-14)17(21)23-13-4-3-10-7-12(16(19)20)2-1-11(10)8-13;;/h1-8H,9,18H2,(H3,19,20);2*1H. The third kappa shape index (κ3) is 4.51. The monoisotopic (exact) mass is 381 g/mol. The predicted octanol–water partition coefficient (Wildman–Crippen LogP) is 3.24. The molecule has 0 aliphatic rings. The number of nitrogen functional groups attached to an aromatic ring is 1. The van der Waals surface area contributed by atoms with Crippen LogP contribution >= 0.6 is 24.8 Å². The number of carbonyl (C=O) groups excluding carboxylic acids is 1. The van der Waals surface area contributed by atoms with Gasteiger partial charge in [0, 0.05) is 5.56 Å². The van der Waals surface area contributed by atoms with Crippen molar-refractivity contribution in [3.05, 3.63) is 65.6 Å². The molecule has 3 rings (SSSR count). The first kappa shape index (κ1) is 20.5. The number of hydrogen-bond acceptors (Lipinski definition) is 5. The van der Waals surface area contributed by atoms with Crippen LogP contribution in [0.2, 0.25) is 0 Å². The molecular weight excluding hydrogens is 365 g/mol. The van der Waals surface area contributed by atoms with Gasteiger partial charge in [-0.05, 0) is 41.1 Å². The minimum atomic E-state index is -0.579. The van der Waals surface area contributed by atoms with Crippen molar-refractivity contribution in [1.82, 2.24) is 0 Å². The zero-order valence-electron chi connectivity index (χ0n) is 13.0. The number of benzene rings is 2. The van der Waals surface area contributed by atoms with E-state index in [4.69, 9.17) is 26.0 Å². The molecule has 6 nitrogen and oxygen atoms in total. The molecular formula is C17H17Cl2N3O3. The minimum Gasteiger partial charge on any atom is -0.453 e. The van der Waals surface area contributed by atoms with Gasteiger partial charge < -0.3 is 20.6 Å². The number of furan rings is 1. The second-order valence-electron chi connectivity index (χ2n) is 5.00. The van der Waals surface area contributed by atoms with Crippen molar-refractivity contribution >= 4 is 47.4 Å². The van der Waals surface area contributed by atoms with E-state index >= 15 is 0 Å². The molecule has 132 valence electrons. The summed E-state index contributed by atoms with van der Waals surface area (Å²) in [6.07, 6.45) is 0. The van der Waals surface area contributed by atoms with Crippen LogP contribution in [0.1, 0.15) is 21.9 Å². The van der Waals surface area contributed by atoms with E-state index in [1.165, 1.54) is 6.07 Å². The summed E-state index contributed by atoms with van der Waals surface area (Å²) >= 11 is 0. The normalized spacial score (nSPS) is 9.80. The third-order valence-electron chi connectivity index (χ3n) is 3.40. The molecule has 0 aliphatic heterocycles. The first-order chi connectivity index (χ1) is 11.1. The molecule has 5 N–H and O–H groups in total. The lowest BCUT2D eigenvalue weighted by Gasteiger charge is -2.06. The summed E-state index contributed by atoms with van der Waals surface area (Å²) in [7, 11) is 0. The van der Waals surface area contributed by atoms with Gasteiger partial charge in [-0.3, -0.25) is 5.41 Å². The lowest BCUT2D eigenvalue weighted by Crippen LogP contribution is -2.10. The maximum absolute atomic E-state index is 12.0. The molecule has 2 aromatic carbocycles. The molecule has 0 bridgehead atoms. The van der Waals surface area contributed by atoms with Gasteiger partial charge in [-0.2, -0.15) is 0 Å². The molecule has 8 heteroatoms. The van der Waals surface area contributed by atoms with Gasteiger partial charge in [-0.15, -0.1) is 24.8 Å². The Morgan fingerprint density at radius 1 is 1.04 bits per heavy atom. The van der Waals surface area contributed by atoms with E-state index in [-0.39, 0.29) is 43.0 Å². The second-order valence-corrected chi connectivity index (χ2v) is 5.00. The lowest BCUT2D eigenvalue weighted by atomic mass is 10.1. The maximum atomic E-state index is 12.0. The number of amidine groups is 1. The van der Waals surface area contributed by atoms with Crippen LogP contribution in [0, 0.1) is 5.41 Å². The molecule has 25 heavy (non-hydrogen) atoms. The summed E-state index contributed by atoms with van der Waals surface area (Å²) in [6.45, 7) is 0.224. The Kier molecular flexibility index (Phi) is 6.99. The molecule has 0 unspecified atom stereocenters. The fourth-order valence-electron chi connectivity index (χ4n) is 2.21. The predicted molar refractivity (Wildman–Crippen MR) is 101 cm³/mol. The number of carbonyl (C=O) groups is 1. The molecule has 0 amide bonds. The fourth-order valence-corrected chi connectivity index (χ4v) is 2.21. The number of fused-ring (bicyclic) bond motifs is 1. The number of rotatable bonds is 4. The number of nitrogens with two attached hydrogens (primary N) is 2. The Bertz CT molecular complexity index is 909. The smallest absolute Gasteiger partial charge is 0.379 e. The van der Waals surface area contributed by atoms with Crippen LogP contribution in [0.15, 0.2) is 52.9 Å². The third-order valence-corrected chi connectivity index (χ3v) is 3.40. The zero-order valence-corrected chi connectivity index (χ0v) is 14.7. The van der Waals surface area contributed by atoms with E-state index in [1.807, 2.05) is 12.1 Å². The van der Waals surface area contributed by atoms with Crippen LogP contribution in [0.25, 0.3) is 10.8 Å². The van der Waals surface area contributed by atoms with Crippen molar-refractivity contribution in [2.24, 2.45) is 11.5 Å². The molecule has 1 heterocycles. The van der Waals surface area contributed by atoms with Gasteiger partial charge >= 0.3 is 5.97 Å². The van der Waals surface area contributed by atoms with Gasteiger partial charge in [0.2, 0.25) is 5.76 Å². The molecule has 0 saturated carbocycles. The highest BCUT2D eigenvalue weighted by Crippen LogP contribution is 2.23. The highest BCUT2D eigenvalue weighted by molar-refractivity contribution is 5.99. The van der Waals surface area contributed by atoms with Gasteiger partial charge in [0.1, 0.15) is 17.3 Å². The van der Waals surface area contributed by atoms with Crippen LogP contribution < -0.4 is 16.2 Å². The van der Waals surface area contributed by atoms with Crippen molar-refractivity contribution < 1.29 is 13.9 Å². The summed E-state index contributed by atoms with van der Waals surface area (Å²) < 4.78 is 10.6. The number of ether oxygens (including phenoxy) is 1. The van der Waals surface area contributed by atoms with E-state index in [0.29, 0.717) is 17.1 Å². The van der Waals surface area contributed by atoms with Gasteiger partial charge in [0.15, 0.2) is 0 Å². The number of hydrogen-bond donors (Lipinski definition) is 3. The average Bonchev–Trinajstić information content (AvgIpc) is 3.03. The summed E-state index contributed by atoms with van der Waals surface area (Å²) in [5, 5.41) is 9.23. The van der Waals surface area contributed by atoms with E-state index in [2.05, 4.69) is 0 Å². The molecule has 0 atom stereocenters. The van der Waals surface area contributed by atoms with Crippen LogP contribution in [-0.4, -0.2) is 11.8 Å². The van der Waals surface area contributed by atoms with Gasteiger partial charge in [-0.25, -0.2) is 4.79 Å². The molecule has 0 aliphatic carbocycles. The largest absolute Gasteiger partial charge is 0.453 e. The van der Waals surface area contributed by atoms with Crippen LogP contribution in [-0.2, 0) is 6.54 Å². The lowest BCUT2D eigenvalue weighted by molar-refractivity contribution is 0.0699. The van der Waals surface area contributed by atoms with E-state index in [0.717, 1.165) is 10.8 Å². The van der Waals surface area contributed by atoms with E-state index < -0.39 is 5.97 Å². The Morgan fingerprint density at radius 2 is 1.72 bits per heavy atom. The highest BCUT2D eigenvalue weighted by Gasteiger charge is 2.13. The van der Waals surface area contributed by atoms with Gasteiger partial charge in [-0.1, -0.05) is 18.2 Å². The average molecular weight is 382 g/mol. The van der Waals surface area contributed by atoms with E-state index in [1.54, 1.807) is 30.3 Å².